The summed E-state index contributed by atoms with van der Waals surface area (Å²) in [5, 5.41) is 1.18. The van der Waals surface area contributed by atoms with E-state index < -0.39 is 0 Å². The van der Waals surface area contributed by atoms with E-state index in [1.807, 2.05) is 39.8 Å². The number of hydrogen-bond acceptors (Lipinski definition) is 2. The molecule has 4 rings (SSSR count). The molecule has 2 aromatic heterocycles. The van der Waals surface area contributed by atoms with Gasteiger partial charge in [-0.15, -0.1) is 12.4 Å². The van der Waals surface area contributed by atoms with Crippen LogP contribution >= 0.6 is 12.4 Å². The van der Waals surface area contributed by atoms with E-state index in [9.17, 15) is 4.79 Å². The van der Waals surface area contributed by atoms with Crippen molar-refractivity contribution < 1.29 is 4.79 Å². The number of fused-ring (bicyclic) bond motifs is 3. The molecule has 4 nitrogen and oxygen atoms in total. The standard InChI is InChI=1S/C18H17N3O.ClH/c1-13-15-4-2-3-5-17(15)21-16(13)8-11-20(18(21)22)12-14-6-9-19-10-7-14;/h2-7,9-10H,8,11-12H2,1H3;1H. The van der Waals surface area contributed by atoms with Gasteiger partial charge in [-0.25, -0.2) is 4.79 Å². The summed E-state index contributed by atoms with van der Waals surface area (Å²) in [7, 11) is 0. The van der Waals surface area contributed by atoms with Crippen LogP contribution in [0.25, 0.3) is 10.9 Å². The Morgan fingerprint density at radius 3 is 2.65 bits per heavy atom. The monoisotopic (exact) mass is 327 g/mol. The zero-order valence-electron chi connectivity index (χ0n) is 12.9. The minimum absolute atomic E-state index is 0. The maximum Gasteiger partial charge on any atom is 0.329 e. The fourth-order valence-corrected chi connectivity index (χ4v) is 3.31. The number of aromatic nitrogens is 2. The Morgan fingerprint density at radius 1 is 1.13 bits per heavy atom. The van der Waals surface area contributed by atoms with Crippen molar-refractivity contribution >= 4 is 29.3 Å². The predicted molar refractivity (Wildman–Crippen MR) is 93.1 cm³/mol. The molecular weight excluding hydrogens is 310 g/mol. The van der Waals surface area contributed by atoms with Crippen LogP contribution in [0.15, 0.2) is 48.8 Å². The van der Waals surface area contributed by atoms with Gasteiger partial charge in [-0.3, -0.25) is 9.55 Å². The fraction of sp³-hybridized carbons (Fsp3) is 0.222. The average molecular weight is 328 g/mol. The van der Waals surface area contributed by atoms with Crippen molar-refractivity contribution in [3.8, 4) is 0 Å². The minimum Gasteiger partial charge on any atom is -0.319 e. The molecule has 0 fully saturated rings. The van der Waals surface area contributed by atoms with E-state index in [1.54, 1.807) is 12.4 Å². The number of rotatable bonds is 2. The van der Waals surface area contributed by atoms with Crippen LogP contribution in [0.3, 0.4) is 0 Å². The SMILES string of the molecule is Cc1c2n(c3ccccc13)C(=O)N(Cc1ccncc1)CC2.Cl. The molecule has 3 aromatic rings. The lowest BCUT2D eigenvalue weighted by molar-refractivity contribution is 0.190. The second-order valence-corrected chi connectivity index (χ2v) is 5.73. The molecule has 1 aliphatic rings. The van der Waals surface area contributed by atoms with E-state index in [4.69, 9.17) is 0 Å². The van der Waals surface area contributed by atoms with Crippen molar-refractivity contribution in [2.75, 3.05) is 6.54 Å². The molecule has 5 heteroatoms. The summed E-state index contributed by atoms with van der Waals surface area (Å²) < 4.78 is 1.88. The molecule has 118 valence electrons. The van der Waals surface area contributed by atoms with Gasteiger partial charge in [-0.2, -0.15) is 0 Å². The molecule has 0 saturated heterocycles. The van der Waals surface area contributed by atoms with Gasteiger partial charge in [0.1, 0.15) is 0 Å². The number of nitrogens with zero attached hydrogens (tertiary/aromatic N) is 3. The van der Waals surface area contributed by atoms with Gasteiger partial charge in [-0.1, -0.05) is 18.2 Å². The van der Waals surface area contributed by atoms with Crippen LogP contribution < -0.4 is 0 Å². The van der Waals surface area contributed by atoms with E-state index in [-0.39, 0.29) is 18.4 Å². The van der Waals surface area contributed by atoms with Gasteiger partial charge in [0, 0.05) is 43.0 Å². The fourth-order valence-electron chi connectivity index (χ4n) is 3.31. The molecule has 3 heterocycles. The molecule has 0 saturated carbocycles. The van der Waals surface area contributed by atoms with Crippen LogP contribution in [0.4, 0.5) is 4.79 Å². The topological polar surface area (TPSA) is 38.1 Å². The van der Waals surface area contributed by atoms with E-state index in [1.165, 1.54) is 10.9 Å². The number of pyridine rings is 1. The molecule has 1 amide bonds. The van der Waals surface area contributed by atoms with Gasteiger partial charge in [0.2, 0.25) is 0 Å². The Kier molecular flexibility index (Phi) is 4.09. The first-order valence-electron chi connectivity index (χ1n) is 7.53. The summed E-state index contributed by atoms with van der Waals surface area (Å²) in [5.74, 6) is 0. The first-order chi connectivity index (χ1) is 10.8. The molecule has 0 radical (unpaired) electrons. The normalized spacial score (nSPS) is 13.8. The highest BCUT2D eigenvalue weighted by atomic mass is 35.5. The lowest BCUT2D eigenvalue weighted by atomic mass is 10.1. The molecule has 0 aliphatic carbocycles. The molecular formula is C18H18ClN3O. The minimum atomic E-state index is 0. The predicted octanol–water partition coefficient (Wildman–Crippen LogP) is 3.79. The van der Waals surface area contributed by atoms with Crippen LogP contribution in [-0.4, -0.2) is 27.0 Å². The highest BCUT2D eigenvalue weighted by molar-refractivity contribution is 5.96. The van der Waals surface area contributed by atoms with Crippen LogP contribution in [0.5, 0.6) is 0 Å². The van der Waals surface area contributed by atoms with Crippen molar-refractivity contribution in [2.24, 2.45) is 0 Å². The van der Waals surface area contributed by atoms with Crippen molar-refractivity contribution in [1.82, 2.24) is 14.5 Å². The lowest BCUT2D eigenvalue weighted by Crippen LogP contribution is -2.40. The number of para-hydroxylation sites is 1. The van der Waals surface area contributed by atoms with Gasteiger partial charge in [-0.05, 0) is 36.2 Å². The lowest BCUT2D eigenvalue weighted by Gasteiger charge is -2.29. The summed E-state index contributed by atoms with van der Waals surface area (Å²) in [6, 6.07) is 12.1. The summed E-state index contributed by atoms with van der Waals surface area (Å²) in [4.78, 5) is 18.9. The van der Waals surface area contributed by atoms with Crippen LogP contribution in [-0.2, 0) is 13.0 Å². The van der Waals surface area contributed by atoms with Crippen molar-refractivity contribution in [1.29, 1.82) is 0 Å². The van der Waals surface area contributed by atoms with Gasteiger partial charge >= 0.3 is 6.03 Å². The van der Waals surface area contributed by atoms with Crippen molar-refractivity contribution in [3.05, 3.63) is 65.6 Å². The third kappa shape index (κ3) is 2.49. The van der Waals surface area contributed by atoms with E-state index in [0.717, 1.165) is 29.7 Å². The first kappa shape index (κ1) is 15.6. The maximum atomic E-state index is 12.9. The summed E-state index contributed by atoms with van der Waals surface area (Å²) in [5.41, 5.74) is 4.50. The number of aryl methyl sites for hydroxylation is 1. The van der Waals surface area contributed by atoms with Gasteiger partial charge < -0.3 is 4.90 Å². The Labute approximate surface area is 141 Å². The van der Waals surface area contributed by atoms with Crippen LogP contribution in [0, 0.1) is 6.92 Å². The molecule has 0 N–H and O–H groups in total. The van der Waals surface area contributed by atoms with E-state index >= 15 is 0 Å². The van der Waals surface area contributed by atoms with Gasteiger partial charge in [0.15, 0.2) is 0 Å². The Balaban J connectivity index is 0.00000156. The molecule has 0 bridgehead atoms. The first-order valence-corrected chi connectivity index (χ1v) is 7.53. The highest BCUT2D eigenvalue weighted by Crippen LogP contribution is 2.29. The summed E-state index contributed by atoms with van der Waals surface area (Å²) in [6.07, 6.45) is 4.44. The molecule has 0 atom stereocenters. The molecule has 1 aliphatic heterocycles. The van der Waals surface area contributed by atoms with Crippen molar-refractivity contribution in [2.45, 2.75) is 19.9 Å². The summed E-state index contributed by atoms with van der Waals surface area (Å²) >= 11 is 0. The smallest absolute Gasteiger partial charge is 0.319 e. The highest BCUT2D eigenvalue weighted by Gasteiger charge is 2.27. The quantitative estimate of drug-likeness (QED) is 0.718. The second kappa shape index (κ2) is 6.05. The van der Waals surface area contributed by atoms with Crippen molar-refractivity contribution in [3.63, 3.8) is 0 Å². The molecule has 23 heavy (non-hydrogen) atoms. The zero-order valence-corrected chi connectivity index (χ0v) is 13.7. The van der Waals surface area contributed by atoms with Gasteiger partial charge in [0.25, 0.3) is 0 Å². The molecule has 1 aromatic carbocycles. The third-order valence-corrected chi connectivity index (χ3v) is 4.45. The van der Waals surface area contributed by atoms with Gasteiger partial charge in [0.05, 0.1) is 5.52 Å². The summed E-state index contributed by atoms with van der Waals surface area (Å²) in [6.45, 7) is 3.50. The Hall–Kier alpha value is -2.33. The number of carbonyl (C=O) groups is 1. The number of carbonyl (C=O) groups excluding carboxylic acids is 1. The number of benzene rings is 1. The molecule has 0 unspecified atom stereocenters. The number of amides is 1. The Morgan fingerprint density at radius 2 is 1.87 bits per heavy atom. The second-order valence-electron chi connectivity index (χ2n) is 5.73. The molecule has 0 spiro atoms. The van der Waals surface area contributed by atoms with E-state index in [2.05, 4.69) is 18.0 Å². The Bertz CT molecular complexity index is 857. The largest absolute Gasteiger partial charge is 0.329 e. The number of halogens is 1. The van der Waals surface area contributed by atoms with Crippen LogP contribution in [0.2, 0.25) is 0 Å². The van der Waals surface area contributed by atoms with E-state index in [0.29, 0.717) is 6.54 Å². The third-order valence-electron chi connectivity index (χ3n) is 4.45. The van der Waals surface area contributed by atoms with Crippen LogP contribution in [0.1, 0.15) is 16.8 Å². The number of hydrogen-bond donors (Lipinski definition) is 0. The average Bonchev–Trinajstić information content (AvgIpc) is 2.85. The maximum absolute atomic E-state index is 12.9. The zero-order chi connectivity index (χ0) is 15.1.